The molecule has 0 aliphatic rings. The van der Waals surface area contributed by atoms with Crippen LogP contribution in [0.25, 0.3) is 0 Å². The van der Waals surface area contributed by atoms with Crippen molar-refractivity contribution in [2.45, 2.75) is 6.42 Å². The number of anilines is 1. The van der Waals surface area contributed by atoms with Crippen LogP contribution in [0.5, 0.6) is 0 Å². The van der Waals surface area contributed by atoms with Gasteiger partial charge >= 0.3 is 6.03 Å². The molecule has 0 spiro atoms. The predicted octanol–water partition coefficient (Wildman–Crippen LogP) is 1.79. The highest BCUT2D eigenvalue weighted by Gasteiger charge is 2.02. The van der Waals surface area contributed by atoms with Crippen LogP contribution in [0.15, 0.2) is 41.2 Å². The molecule has 20 heavy (non-hydrogen) atoms. The number of aromatic amines is 1. The molecule has 6 nitrogen and oxygen atoms in total. The number of nitrogens with one attached hydrogen (secondary N) is 3. The van der Waals surface area contributed by atoms with Gasteiger partial charge in [-0.25, -0.2) is 9.89 Å². The highest BCUT2D eigenvalue weighted by molar-refractivity contribution is 6.30. The van der Waals surface area contributed by atoms with Crippen molar-refractivity contribution in [3.8, 4) is 0 Å². The molecule has 0 aliphatic carbocycles. The van der Waals surface area contributed by atoms with E-state index in [9.17, 15) is 9.59 Å². The Morgan fingerprint density at radius 2 is 1.95 bits per heavy atom. The zero-order valence-corrected chi connectivity index (χ0v) is 11.3. The number of hydrogen-bond acceptors (Lipinski definition) is 3. The van der Waals surface area contributed by atoms with E-state index < -0.39 is 0 Å². The van der Waals surface area contributed by atoms with Gasteiger partial charge in [-0.1, -0.05) is 23.7 Å². The van der Waals surface area contributed by atoms with Gasteiger partial charge in [-0.15, -0.1) is 0 Å². The smallest absolute Gasteiger partial charge is 0.320 e. The molecule has 0 bridgehead atoms. The summed E-state index contributed by atoms with van der Waals surface area (Å²) in [4.78, 5) is 22.4. The summed E-state index contributed by atoms with van der Waals surface area (Å²) in [7, 11) is 0. The molecule has 1 aromatic heterocycles. The SMILES string of the molecule is O=C(NCCc1ccc(Cl)cc1)Nc1ccc(=O)[nH]n1. The molecular formula is C13H13ClN4O2. The van der Waals surface area contributed by atoms with Crippen molar-refractivity contribution >= 4 is 23.4 Å². The molecule has 104 valence electrons. The van der Waals surface area contributed by atoms with E-state index in [4.69, 9.17) is 11.6 Å². The lowest BCUT2D eigenvalue weighted by molar-refractivity contribution is 0.252. The van der Waals surface area contributed by atoms with Crippen molar-refractivity contribution in [2.24, 2.45) is 0 Å². The summed E-state index contributed by atoms with van der Waals surface area (Å²) in [5.41, 5.74) is 0.760. The monoisotopic (exact) mass is 292 g/mol. The molecule has 2 rings (SSSR count). The van der Waals surface area contributed by atoms with E-state index in [0.717, 1.165) is 5.56 Å². The van der Waals surface area contributed by atoms with E-state index in [0.29, 0.717) is 18.0 Å². The second-order valence-electron chi connectivity index (χ2n) is 4.06. The first kappa shape index (κ1) is 14.1. The first-order valence-corrected chi connectivity index (χ1v) is 6.36. The molecule has 0 aliphatic heterocycles. The molecule has 0 atom stereocenters. The summed E-state index contributed by atoms with van der Waals surface area (Å²) in [6.07, 6.45) is 0.698. The second-order valence-corrected chi connectivity index (χ2v) is 4.50. The fraction of sp³-hybridized carbons (Fsp3) is 0.154. The summed E-state index contributed by atoms with van der Waals surface area (Å²) in [6, 6.07) is 9.77. The Kier molecular flexibility index (Phi) is 4.73. The van der Waals surface area contributed by atoms with E-state index in [1.807, 2.05) is 12.1 Å². The number of urea groups is 1. The molecule has 1 aromatic carbocycles. The number of nitrogens with zero attached hydrogens (tertiary/aromatic N) is 1. The summed E-state index contributed by atoms with van der Waals surface area (Å²) < 4.78 is 0. The zero-order chi connectivity index (χ0) is 14.4. The minimum atomic E-state index is -0.376. The Morgan fingerprint density at radius 1 is 1.20 bits per heavy atom. The standard InChI is InChI=1S/C13H13ClN4O2/c14-10-3-1-9(2-4-10)7-8-15-13(20)16-11-5-6-12(19)18-17-11/h1-6H,7-8H2,(H,18,19)(H2,15,16,17,20). The topological polar surface area (TPSA) is 86.9 Å². The molecule has 0 saturated heterocycles. The quantitative estimate of drug-likeness (QED) is 0.803. The molecule has 0 unspecified atom stereocenters. The lowest BCUT2D eigenvalue weighted by Gasteiger charge is -2.06. The molecule has 0 radical (unpaired) electrons. The lowest BCUT2D eigenvalue weighted by Crippen LogP contribution is -2.31. The molecule has 7 heteroatoms. The number of H-pyrrole nitrogens is 1. The van der Waals surface area contributed by atoms with Crippen LogP contribution in [0.2, 0.25) is 5.02 Å². The van der Waals surface area contributed by atoms with Crippen LogP contribution in [0, 0.1) is 0 Å². The fourth-order valence-electron chi connectivity index (χ4n) is 1.55. The number of carbonyl (C=O) groups excluding carboxylic acids is 1. The average Bonchev–Trinajstić information content (AvgIpc) is 2.44. The van der Waals surface area contributed by atoms with Crippen molar-refractivity contribution in [2.75, 3.05) is 11.9 Å². The first-order chi connectivity index (χ1) is 9.63. The number of amides is 2. The van der Waals surface area contributed by atoms with Crippen molar-refractivity contribution in [3.63, 3.8) is 0 Å². The van der Waals surface area contributed by atoms with Crippen LogP contribution in [0.3, 0.4) is 0 Å². The summed E-state index contributed by atoms with van der Waals surface area (Å²) >= 11 is 5.79. The number of halogens is 1. The Labute approximate surface area is 120 Å². The molecule has 2 aromatic rings. The van der Waals surface area contributed by atoms with Gasteiger partial charge < -0.3 is 5.32 Å². The van der Waals surface area contributed by atoms with E-state index >= 15 is 0 Å². The van der Waals surface area contributed by atoms with Crippen LogP contribution >= 0.6 is 11.6 Å². The Balaban J connectivity index is 1.76. The summed E-state index contributed by atoms with van der Waals surface area (Å²) in [6.45, 7) is 0.483. The highest BCUT2D eigenvalue weighted by Crippen LogP contribution is 2.09. The van der Waals surface area contributed by atoms with Gasteiger partial charge in [-0.05, 0) is 30.2 Å². The van der Waals surface area contributed by atoms with Crippen LogP contribution in [-0.4, -0.2) is 22.8 Å². The van der Waals surface area contributed by atoms with Gasteiger partial charge in [0.2, 0.25) is 0 Å². The maximum Gasteiger partial charge on any atom is 0.320 e. The Morgan fingerprint density at radius 3 is 2.60 bits per heavy atom. The van der Waals surface area contributed by atoms with E-state index in [1.54, 1.807) is 12.1 Å². The van der Waals surface area contributed by atoms with Gasteiger partial charge in [-0.2, -0.15) is 5.10 Å². The molecule has 0 saturated carbocycles. The van der Waals surface area contributed by atoms with Crippen molar-refractivity contribution in [1.82, 2.24) is 15.5 Å². The molecule has 2 amide bonds. The largest absolute Gasteiger partial charge is 0.337 e. The van der Waals surface area contributed by atoms with Gasteiger partial charge in [-0.3, -0.25) is 10.1 Å². The second kappa shape index (κ2) is 6.72. The average molecular weight is 293 g/mol. The van der Waals surface area contributed by atoms with E-state index in [1.165, 1.54) is 12.1 Å². The van der Waals surface area contributed by atoms with Gasteiger partial charge in [0.1, 0.15) is 0 Å². The fourth-order valence-corrected chi connectivity index (χ4v) is 1.67. The molecular weight excluding hydrogens is 280 g/mol. The van der Waals surface area contributed by atoms with Crippen molar-refractivity contribution in [1.29, 1.82) is 0 Å². The van der Waals surface area contributed by atoms with Gasteiger partial charge in [0.15, 0.2) is 5.82 Å². The summed E-state index contributed by atoms with van der Waals surface area (Å²) in [5.74, 6) is 0.286. The number of rotatable bonds is 4. The number of carbonyl (C=O) groups is 1. The van der Waals surface area contributed by atoms with E-state index in [2.05, 4.69) is 20.8 Å². The predicted molar refractivity (Wildman–Crippen MR) is 77.0 cm³/mol. The minimum absolute atomic E-state index is 0.286. The number of aromatic nitrogens is 2. The molecule has 3 N–H and O–H groups in total. The van der Waals surface area contributed by atoms with Crippen molar-refractivity contribution < 1.29 is 4.79 Å². The van der Waals surface area contributed by atoms with Crippen LogP contribution in [-0.2, 0) is 6.42 Å². The van der Waals surface area contributed by atoms with Crippen molar-refractivity contribution in [3.05, 3.63) is 57.3 Å². The third-order valence-corrected chi connectivity index (χ3v) is 2.79. The number of benzene rings is 1. The highest BCUT2D eigenvalue weighted by atomic mass is 35.5. The van der Waals surface area contributed by atoms with Gasteiger partial charge in [0.25, 0.3) is 5.56 Å². The third kappa shape index (κ3) is 4.40. The minimum Gasteiger partial charge on any atom is -0.337 e. The van der Waals surface area contributed by atoms with Crippen LogP contribution in [0.1, 0.15) is 5.56 Å². The zero-order valence-electron chi connectivity index (χ0n) is 10.5. The van der Waals surface area contributed by atoms with Gasteiger partial charge in [0.05, 0.1) is 0 Å². The Bertz CT molecular complexity index is 619. The lowest BCUT2D eigenvalue weighted by atomic mass is 10.1. The first-order valence-electron chi connectivity index (χ1n) is 5.98. The maximum absolute atomic E-state index is 11.6. The normalized spacial score (nSPS) is 10.1. The van der Waals surface area contributed by atoms with Crippen LogP contribution < -0.4 is 16.2 Å². The third-order valence-electron chi connectivity index (χ3n) is 2.53. The van der Waals surface area contributed by atoms with Gasteiger partial charge in [0, 0.05) is 17.6 Å². The van der Waals surface area contributed by atoms with E-state index in [-0.39, 0.29) is 17.4 Å². The van der Waals surface area contributed by atoms with Crippen LogP contribution in [0.4, 0.5) is 10.6 Å². The molecule has 0 fully saturated rings. The Hall–Kier alpha value is -2.34. The maximum atomic E-state index is 11.6. The molecule has 1 heterocycles. The number of hydrogen-bond donors (Lipinski definition) is 3. The summed E-state index contributed by atoms with van der Waals surface area (Å²) in [5, 5.41) is 11.8.